The van der Waals surface area contributed by atoms with Crippen molar-refractivity contribution in [2.45, 2.75) is 0 Å². The Hall–Kier alpha value is -2.84. The van der Waals surface area contributed by atoms with Gasteiger partial charge in [-0.3, -0.25) is 5.43 Å². The highest BCUT2D eigenvalue weighted by Gasteiger charge is 2.11. The van der Waals surface area contributed by atoms with Gasteiger partial charge in [-0.2, -0.15) is 5.10 Å². The van der Waals surface area contributed by atoms with Gasteiger partial charge >= 0.3 is 5.63 Å². The number of hydrogen-bond acceptors (Lipinski definition) is 6. The topological polar surface area (TPSA) is 67.5 Å². The number of halogens is 2. The number of anilines is 1. The molecule has 0 spiro atoms. The van der Waals surface area contributed by atoms with Crippen LogP contribution in [-0.2, 0) is 0 Å². The monoisotopic (exact) mass is 443 g/mol. The maximum atomic E-state index is 13.7. The van der Waals surface area contributed by atoms with Gasteiger partial charge in [-0.25, -0.2) is 14.2 Å². The van der Waals surface area contributed by atoms with E-state index in [4.69, 9.17) is 4.42 Å². The Morgan fingerprint density at radius 3 is 2.96 bits per heavy atom. The van der Waals surface area contributed by atoms with E-state index in [1.165, 1.54) is 23.6 Å². The zero-order valence-corrected chi connectivity index (χ0v) is 16.1. The summed E-state index contributed by atoms with van der Waals surface area (Å²) in [4.78, 5) is 16.6. The SMILES string of the molecule is O=c1oc2ccccc2cc1-c1csc(N/N=C/c2cc(Br)ccc2F)n1. The molecule has 5 nitrogen and oxygen atoms in total. The first-order chi connectivity index (χ1) is 13.1. The molecule has 4 rings (SSSR count). The fourth-order valence-corrected chi connectivity index (χ4v) is 3.50. The fraction of sp³-hybridized carbons (Fsp3) is 0. The smallest absolute Gasteiger partial charge is 0.345 e. The van der Waals surface area contributed by atoms with E-state index in [0.717, 1.165) is 9.86 Å². The van der Waals surface area contributed by atoms with Crippen molar-refractivity contribution in [3.05, 3.63) is 80.2 Å². The summed E-state index contributed by atoms with van der Waals surface area (Å²) >= 11 is 4.57. The molecular weight excluding hydrogens is 433 g/mol. The number of nitrogens with zero attached hydrogens (tertiary/aromatic N) is 2. The van der Waals surface area contributed by atoms with Crippen molar-refractivity contribution < 1.29 is 8.81 Å². The van der Waals surface area contributed by atoms with Crippen molar-refractivity contribution in [2.24, 2.45) is 5.10 Å². The summed E-state index contributed by atoms with van der Waals surface area (Å²) in [5.41, 5.74) is 4.03. The zero-order chi connectivity index (χ0) is 18.8. The average molecular weight is 444 g/mol. The molecule has 2 aromatic carbocycles. The van der Waals surface area contributed by atoms with E-state index >= 15 is 0 Å². The molecular formula is C19H11BrFN3O2S. The van der Waals surface area contributed by atoms with Crippen LogP contribution in [0.5, 0.6) is 0 Å². The summed E-state index contributed by atoms with van der Waals surface area (Å²) in [6, 6.07) is 13.6. The molecule has 8 heteroatoms. The number of thiazole rings is 1. The van der Waals surface area contributed by atoms with E-state index in [1.807, 2.05) is 18.2 Å². The number of aromatic nitrogens is 1. The van der Waals surface area contributed by atoms with Gasteiger partial charge in [-0.15, -0.1) is 11.3 Å². The average Bonchev–Trinajstić information content (AvgIpc) is 3.12. The summed E-state index contributed by atoms with van der Waals surface area (Å²) in [7, 11) is 0. The van der Waals surface area contributed by atoms with Crippen LogP contribution < -0.4 is 11.1 Å². The minimum Gasteiger partial charge on any atom is -0.422 e. The zero-order valence-electron chi connectivity index (χ0n) is 13.6. The van der Waals surface area contributed by atoms with Crippen molar-refractivity contribution in [1.29, 1.82) is 0 Å². The molecule has 0 saturated carbocycles. The maximum absolute atomic E-state index is 13.7. The third kappa shape index (κ3) is 3.81. The Balaban J connectivity index is 1.57. The Kier molecular flexibility index (Phi) is 4.83. The molecule has 4 aromatic rings. The Morgan fingerprint density at radius 2 is 2.07 bits per heavy atom. The number of hydrazone groups is 1. The van der Waals surface area contributed by atoms with Crippen LogP contribution in [0.1, 0.15) is 5.56 Å². The van der Waals surface area contributed by atoms with E-state index < -0.39 is 5.63 Å². The number of hydrogen-bond donors (Lipinski definition) is 1. The standard InChI is InChI=1S/C19H11BrFN3O2S/c20-13-5-6-15(21)12(7-13)9-22-24-19-23-16(10-27-19)14-8-11-3-1-2-4-17(11)26-18(14)25/h1-10H,(H,23,24)/b22-9+. The van der Waals surface area contributed by atoms with Crippen LogP contribution in [-0.4, -0.2) is 11.2 Å². The lowest BCUT2D eigenvalue weighted by molar-refractivity contribution is 0.563. The highest BCUT2D eigenvalue weighted by molar-refractivity contribution is 9.10. The Morgan fingerprint density at radius 1 is 1.22 bits per heavy atom. The van der Waals surface area contributed by atoms with Crippen molar-refractivity contribution in [1.82, 2.24) is 4.98 Å². The Bertz CT molecular complexity index is 1220. The van der Waals surface area contributed by atoms with Gasteiger partial charge in [0.15, 0.2) is 0 Å². The normalized spacial score (nSPS) is 11.3. The highest BCUT2D eigenvalue weighted by Crippen LogP contribution is 2.25. The third-order valence-electron chi connectivity index (χ3n) is 3.74. The fourth-order valence-electron chi connectivity index (χ4n) is 2.46. The van der Waals surface area contributed by atoms with Crippen LogP contribution in [0.3, 0.4) is 0 Å². The van der Waals surface area contributed by atoms with Crippen LogP contribution in [0.25, 0.3) is 22.2 Å². The molecule has 27 heavy (non-hydrogen) atoms. The molecule has 0 fully saturated rings. The first-order valence-corrected chi connectivity index (χ1v) is 9.50. The highest BCUT2D eigenvalue weighted by atomic mass is 79.9. The van der Waals surface area contributed by atoms with E-state index in [9.17, 15) is 9.18 Å². The molecule has 134 valence electrons. The van der Waals surface area contributed by atoms with Crippen molar-refractivity contribution in [3.8, 4) is 11.3 Å². The van der Waals surface area contributed by atoms with Gasteiger partial charge in [-0.1, -0.05) is 34.1 Å². The van der Waals surface area contributed by atoms with Gasteiger partial charge in [0.1, 0.15) is 11.4 Å². The molecule has 0 atom stereocenters. The number of rotatable bonds is 4. The molecule has 0 saturated heterocycles. The van der Waals surface area contributed by atoms with E-state index in [-0.39, 0.29) is 5.82 Å². The third-order valence-corrected chi connectivity index (χ3v) is 4.98. The molecule has 0 unspecified atom stereocenters. The van der Waals surface area contributed by atoms with Crippen LogP contribution in [0.15, 0.2) is 72.7 Å². The predicted molar refractivity (Wildman–Crippen MR) is 109 cm³/mol. The minimum atomic E-state index is -0.453. The lowest BCUT2D eigenvalue weighted by Crippen LogP contribution is -2.02. The van der Waals surface area contributed by atoms with E-state index in [0.29, 0.717) is 27.5 Å². The second-order valence-corrected chi connectivity index (χ2v) is 7.33. The van der Waals surface area contributed by atoms with E-state index in [1.54, 1.807) is 29.6 Å². The van der Waals surface area contributed by atoms with Gasteiger partial charge in [0, 0.05) is 20.8 Å². The molecule has 2 heterocycles. The van der Waals surface area contributed by atoms with Crippen molar-refractivity contribution in [2.75, 3.05) is 5.43 Å². The first-order valence-electron chi connectivity index (χ1n) is 7.83. The second-order valence-electron chi connectivity index (χ2n) is 5.56. The van der Waals surface area contributed by atoms with Crippen molar-refractivity contribution in [3.63, 3.8) is 0 Å². The van der Waals surface area contributed by atoms with Crippen LogP contribution in [0.4, 0.5) is 9.52 Å². The molecule has 1 N–H and O–H groups in total. The molecule has 2 aromatic heterocycles. The first kappa shape index (κ1) is 17.6. The second kappa shape index (κ2) is 7.42. The number of fused-ring (bicyclic) bond motifs is 1. The molecule has 0 amide bonds. The molecule has 0 aliphatic heterocycles. The minimum absolute atomic E-state index is 0.337. The summed E-state index contributed by atoms with van der Waals surface area (Å²) < 4.78 is 19.8. The quantitative estimate of drug-likeness (QED) is 0.265. The lowest BCUT2D eigenvalue weighted by Gasteiger charge is -1.99. The van der Waals surface area contributed by atoms with Gasteiger partial charge < -0.3 is 4.42 Å². The summed E-state index contributed by atoms with van der Waals surface area (Å²) in [5.74, 6) is -0.377. The van der Waals surface area contributed by atoms with Crippen LogP contribution in [0, 0.1) is 5.82 Å². The summed E-state index contributed by atoms with van der Waals surface area (Å²) in [6.07, 6.45) is 1.37. The van der Waals surface area contributed by atoms with Crippen LogP contribution in [0.2, 0.25) is 0 Å². The van der Waals surface area contributed by atoms with Gasteiger partial charge in [0.25, 0.3) is 0 Å². The summed E-state index contributed by atoms with van der Waals surface area (Å²) in [5, 5.41) is 7.03. The maximum Gasteiger partial charge on any atom is 0.345 e. The molecule has 0 radical (unpaired) electrons. The predicted octanol–water partition coefficient (Wildman–Crippen LogP) is 5.26. The van der Waals surface area contributed by atoms with Crippen molar-refractivity contribution >= 4 is 49.6 Å². The molecule has 0 bridgehead atoms. The molecule has 0 aliphatic rings. The summed E-state index contributed by atoms with van der Waals surface area (Å²) in [6.45, 7) is 0. The largest absolute Gasteiger partial charge is 0.422 e. The van der Waals surface area contributed by atoms with Crippen LogP contribution >= 0.6 is 27.3 Å². The molecule has 0 aliphatic carbocycles. The number of nitrogens with one attached hydrogen (secondary N) is 1. The van der Waals surface area contributed by atoms with Gasteiger partial charge in [0.05, 0.1) is 17.5 Å². The number of benzene rings is 2. The lowest BCUT2D eigenvalue weighted by atomic mass is 10.1. The van der Waals surface area contributed by atoms with Gasteiger partial charge in [-0.05, 0) is 30.3 Å². The Labute approximate surface area is 165 Å². The van der Waals surface area contributed by atoms with Gasteiger partial charge in [0.2, 0.25) is 5.13 Å². The number of para-hydroxylation sites is 1. The van der Waals surface area contributed by atoms with E-state index in [2.05, 4.69) is 31.4 Å².